The minimum absolute atomic E-state index is 0.253. The van der Waals surface area contributed by atoms with Crippen LogP contribution in [0.2, 0.25) is 0 Å². The van der Waals surface area contributed by atoms with E-state index >= 15 is 0 Å². The van der Waals surface area contributed by atoms with Crippen molar-refractivity contribution in [3.8, 4) is 5.75 Å². The highest BCUT2D eigenvalue weighted by atomic mass is 79.9. The first-order valence-corrected chi connectivity index (χ1v) is 6.18. The van der Waals surface area contributed by atoms with Gasteiger partial charge < -0.3 is 4.74 Å². The molecular formula is C14H11BrF2O. The first-order chi connectivity index (χ1) is 8.56. The molecule has 18 heavy (non-hydrogen) atoms. The van der Waals surface area contributed by atoms with Gasteiger partial charge in [0.1, 0.15) is 24.0 Å². The van der Waals surface area contributed by atoms with Crippen LogP contribution in [-0.4, -0.2) is 0 Å². The second kappa shape index (κ2) is 5.48. The van der Waals surface area contributed by atoms with Gasteiger partial charge in [0.25, 0.3) is 0 Å². The fourth-order valence-corrected chi connectivity index (χ4v) is 1.93. The molecule has 0 aliphatic heterocycles. The smallest absolute Gasteiger partial charge is 0.129 e. The van der Waals surface area contributed by atoms with E-state index in [9.17, 15) is 8.78 Å². The van der Waals surface area contributed by atoms with Crippen molar-refractivity contribution in [2.75, 3.05) is 0 Å². The van der Waals surface area contributed by atoms with Crippen molar-refractivity contribution in [2.45, 2.75) is 13.5 Å². The topological polar surface area (TPSA) is 9.23 Å². The van der Waals surface area contributed by atoms with Gasteiger partial charge in [0, 0.05) is 16.1 Å². The van der Waals surface area contributed by atoms with E-state index in [2.05, 4.69) is 15.9 Å². The Kier molecular flexibility index (Phi) is 3.97. The monoisotopic (exact) mass is 312 g/mol. The van der Waals surface area contributed by atoms with Gasteiger partial charge in [-0.2, -0.15) is 0 Å². The molecule has 0 saturated heterocycles. The average molecular weight is 313 g/mol. The molecule has 0 unspecified atom stereocenters. The Morgan fingerprint density at radius 3 is 2.56 bits per heavy atom. The Bertz CT molecular complexity index is 570. The summed E-state index contributed by atoms with van der Waals surface area (Å²) < 4.78 is 32.3. The number of benzene rings is 2. The fourth-order valence-electron chi connectivity index (χ4n) is 1.46. The Morgan fingerprint density at radius 2 is 1.89 bits per heavy atom. The van der Waals surface area contributed by atoms with Crippen LogP contribution in [0.3, 0.4) is 0 Å². The van der Waals surface area contributed by atoms with Crippen LogP contribution in [0.15, 0.2) is 40.9 Å². The molecule has 2 rings (SSSR count). The van der Waals surface area contributed by atoms with Crippen molar-refractivity contribution < 1.29 is 13.5 Å². The number of ether oxygens (including phenoxy) is 1. The van der Waals surface area contributed by atoms with Crippen molar-refractivity contribution in [3.63, 3.8) is 0 Å². The summed E-state index contributed by atoms with van der Waals surface area (Å²) in [4.78, 5) is 0. The van der Waals surface area contributed by atoms with Gasteiger partial charge in [-0.05, 0) is 30.7 Å². The molecule has 0 spiro atoms. The van der Waals surface area contributed by atoms with Crippen molar-refractivity contribution in [1.82, 2.24) is 0 Å². The van der Waals surface area contributed by atoms with Crippen molar-refractivity contribution in [1.29, 1.82) is 0 Å². The van der Waals surface area contributed by atoms with Crippen LogP contribution in [0.25, 0.3) is 0 Å². The molecule has 0 fully saturated rings. The lowest BCUT2D eigenvalue weighted by Crippen LogP contribution is -1.97. The zero-order valence-corrected chi connectivity index (χ0v) is 11.3. The average Bonchev–Trinajstić information content (AvgIpc) is 2.32. The molecule has 0 radical (unpaired) electrons. The molecule has 0 aliphatic carbocycles. The molecular weight excluding hydrogens is 302 g/mol. The molecule has 94 valence electrons. The van der Waals surface area contributed by atoms with Crippen LogP contribution in [0.5, 0.6) is 5.75 Å². The van der Waals surface area contributed by atoms with Crippen LogP contribution < -0.4 is 4.74 Å². The van der Waals surface area contributed by atoms with Crippen molar-refractivity contribution >= 4 is 15.9 Å². The zero-order valence-electron chi connectivity index (χ0n) is 9.71. The molecule has 2 aromatic rings. The van der Waals surface area contributed by atoms with Crippen LogP contribution in [-0.2, 0) is 6.61 Å². The van der Waals surface area contributed by atoms with Crippen molar-refractivity contribution in [3.05, 3.63) is 63.6 Å². The largest absolute Gasteiger partial charge is 0.489 e. The number of hydrogen-bond donors (Lipinski definition) is 0. The summed E-state index contributed by atoms with van der Waals surface area (Å²) in [5, 5.41) is 0. The van der Waals surface area contributed by atoms with Gasteiger partial charge in [-0.25, -0.2) is 8.78 Å². The van der Waals surface area contributed by atoms with E-state index in [1.54, 1.807) is 25.1 Å². The molecule has 0 aromatic heterocycles. The Hall–Kier alpha value is -1.42. The number of rotatable bonds is 3. The predicted molar refractivity (Wildman–Crippen MR) is 69.6 cm³/mol. The van der Waals surface area contributed by atoms with E-state index in [-0.39, 0.29) is 18.2 Å². The normalized spacial score (nSPS) is 10.4. The highest BCUT2D eigenvalue weighted by molar-refractivity contribution is 9.10. The molecule has 4 heteroatoms. The van der Waals surface area contributed by atoms with E-state index in [1.807, 2.05) is 0 Å². The summed E-state index contributed by atoms with van der Waals surface area (Å²) >= 11 is 3.25. The van der Waals surface area contributed by atoms with E-state index in [0.29, 0.717) is 15.8 Å². The zero-order chi connectivity index (χ0) is 13.1. The number of hydrogen-bond acceptors (Lipinski definition) is 1. The third-order valence-electron chi connectivity index (χ3n) is 2.55. The van der Waals surface area contributed by atoms with Gasteiger partial charge in [0.15, 0.2) is 0 Å². The Balaban J connectivity index is 2.09. The number of halogens is 3. The lowest BCUT2D eigenvalue weighted by Gasteiger charge is -2.08. The van der Waals surface area contributed by atoms with Crippen LogP contribution >= 0.6 is 15.9 Å². The maximum Gasteiger partial charge on any atom is 0.129 e. The maximum absolute atomic E-state index is 13.3. The standard InChI is InChI=1S/C14H11BrF2O/c1-9-2-5-12(7-14(9)17)18-8-10-3-4-11(16)6-13(10)15/h2-7H,8H2,1H3. The lowest BCUT2D eigenvalue weighted by atomic mass is 10.2. The molecule has 0 amide bonds. The van der Waals surface area contributed by atoms with Gasteiger partial charge in [-0.15, -0.1) is 0 Å². The van der Waals surface area contributed by atoms with Gasteiger partial charge in [0.2, 0.25) is 0 Å². The highest BCUT2D eigenvalue weighted by Crippen LogP contribution is 2.21. The van der Waals surface area contributed by atoms with Gasteiger partial charge in [-0.1, -0.05) is 28.1 Å². The summed E-state index contributed by atoms with van der Waals surface area (Å²) in [5.74, 6) is -0.160. The Morgan fingerprint density at radius 1 is 1.11 bits per heavy atom. The lowest BCUT2D eigenvalue weighted by molar-refractivity contribution is 0.303. The third-order valence-corrected chi connectivity index (χ3v) is 3.29. The van der Waals surface area contributed by atoms with Crippen LogP contribution in [0.1, 0.15) is 11.1 Å². The molecule has 2 aromatic carbocycles. The number of aryl methyl sites for hydroxylation is 1. The molecule has 0 atom stereocenters. The predicted octanol–water partition coefficient (Wildman–Crippen LogP) is 4.61. The van der Waals surface area contributed by atoms with E-state index < -0.39 is 0 Å². The van der Waals surface area contributed by atoms with Gasteiger partial charge >= 0.3 is 0 Å². The minimum atomic E-state index is -0.313. The Labute approximate surface area is 113 Å². The quantitative estimate of drug-likeness (QED) is 0.804. The fraction of sp³-hybridized carbons (Fsp3) is 0.143. The summed E-state index contributed by atoms with van der Waals surface area (Å²) in [7, 11) is 0. The summed E-state index contributed by atoms with van der Waals surface area (Å²) in [5.41, 5.74) is 1.38. The molecule has 0 heterocycles. The van der Waals surface area contributed by atoms with Crippen LogP contribution in [0, 0.1) is 18.6 Å². The van der Waals surface area contributed by atoms with Crippen molar-refractivity contribution in [2.24, 2.45) is 0 Å². The maximum atomic E-state index is 13.3. The molecule has 0 saturated carbocycles. The summed E-state index contributed by atoms with van der Waals surface area (Å²) in [6, 6.07) is 9.06. The highest BCUT2D eigenvalue weighted by Gasteiger charge is 2.04. The second-order valence-electron chi connectivity index (χ2n) is 3.94. The molecule has 0 aliphatic rings. The second-order valence-corrected chi connectivity index (χ2v) is 4.79. The van der Waals surface area contributed by atoms with Gasteiger partial charge in [0.05, 0.1) is 0 Å². The van der Waals surface area contributed by atoms with Crippen LogP contribution in [0.4, 0.5) is 8.78 Å². The SMILES string of the molecule is Cc1ccc(OCc2ccc(F)cc2Br)cc1F. The minimum Gasteiger partial charge on any atom is -0.489 e. The first-order valence-electron chi connectivity index (χ1n) is 5.39. The molecule has 0 bridgehead atoms. The first kappa shape index (κ1) is 13.0. The summed E-state index contributed by atoms with van der Waals surface area (Å²) in [6.07, 6.45) is 0. The van der Waals surface area contributed by atoms with E-state index in [4.69, 9.17) is 4.74 Å². The molecule has 1 nitrogen and oxygen atoms in total. The third kappa shape index (κ3) is 3.07. The molecule has 0 N–H and O–H groups in total. The summed E-state index contributed by atoms with van der Waals surface area (Å²) in [6.45, 7) is 1.94. The van der Waals surface area contributed by atoms with E-state index in [0.717, 1.165) is 5.56 Å². The van der Waals surface area contributed by atoms with Gasteiger partial charge in [-0.3, -0.25) is 0 Å². The van der Waals surface area contributed by atoms with E-state index in [1.165, 1.54) is 18.2 Å².